The fourth-order valence-corrected chi connectivity index (χ4v) is 4.68. The van der Waals surface area contributed by atoms with E-state index in [1.165, 1.54) is 12.1 Å². The van der Waals surface area contributed by atoms with Crippen LogP contribution in [0, 0.1) is 17.1 Å². The van der Waals surface area contributed by atoms with Crippen molar-refractivity contribution in [1.82, 2.24) is 19.7 Å². The van der Waals surface area contributed by atoms with Gasteiger partial charge in [-0.15, -0.1) is 10.2 Å². The molecular weight excluding hydrogens is 459 g/mol. The van der Waals surface area contributed by atoms with E-state index >= 15 is 0 Å². The van der Waals surface area contributed by atoms with E-state index in [9.17, 15) is 19.6 Å². The Balaban J connectivity index is 1.49. The first-order chi connectivity index (χ1) is 17.5. The number of rotatable bonds is 5. The summed E-state index contributed by atoms with van der Waals surface area (Å²) in [7, 11) is 1.84. The monoisotopic (exact) mass is 480 g/mol. The minimum absolute atomic E-state index is 0.0928. The Morgan fingerprint density at radius 1 is 1.14 bits per heavy atom. The van der Waals surface area contributed by atoms with Crippen molar-refractivity contribution in [2.45, 2.75) is 31.9 Å². The minimum atomic E-state index is -0.530. The van der Waals surface area contributed by atoms with Gasteiger partial charge in [-0.3, -0.25) is 9.69 Å². The summed E-state index contributed by atoms with van der Waals surface area (Å²) in [6.45, 7) is -0.281. The van der Waals surface area contributed by atoms with E-state index in [2.05, 4.69) is 16.3 Å². The van der Waals surface area contributed by atoms with Crippen LogP contribution in [0.15, 0.2) is 48.8 Å². The third-order valence-corrected chi connectivity index (χ3v) is 6.76. The third-order valence-electron chi connectivity index (χ3n) is 6.76. The van der Waals surface area contributed by atoms with Crippen LogP contribution in [0.4, 0.5) is 10.2 Å². The van der Waals surface area contributed by atoms with Gasteiger partial charge in [-0.2, -0.15) is 5.26 Å². The van der Waals surface area contributed by atoms with Crippen LogP contribution >= 0.6 is 0 Å². The van der Waals surface area contributed by atoms with Gasteiger partial charge in [0.1, 0.15) is 18.0 Å². The molecule has 2 aliphatic rings. The van der Waals surface area contributed by atoms with E-state index < -0.39 is 12.4 Å². The van der Waals surface area contributed by atoms with E-state index in [-0.39, 0.29) is 18.0 Å². The molecule has 1 aliphatic heterocycles. The van der Waals surface area contributed by atoms with Crippen molar-refractivity contribution in [2.24, 2.45) is 7.05 Å². The first-order valence-electron chi connectivity index (χ1n) is 11.6. The van der Waals surface area contributed by atoms with Crippen LogP contribution in [0.25, 0.3) is 22.5 Å². The Kier molecular flexibility index (Phi) is 5.12. The Labute approximate surface area is 206 Å². The largest absolute Gasteiger partial charge is 0.392 e. The number of anilines is 1. The molecule has 1 saturated carbocycles. The summed E-state index contributed by atoms with van der Waals surface area (Å²) in [5.74, 6) is 0.607. The van der Waals surface area contributed by atoms with Crippen LogP contribution in [0.1, 0.15) is 51.5 Å². The zero-order valence-corrected chi connectivity index (χ0v) is 19.4. The molecule has 8 nitrogen and oxygen atoms in total. The fourth-order valence-electron chi connectivity index (χ4n) is 4.68. The Bertz CT molecular complexity index is 1580. The first-order valence-corrected chi connectivity index (χ1v) is 11.6. The molecule has 0 saturated heterocycles. The number of nitriles is 1. The van der Waals surface area contributed by atoms with Crippen LogP contribution in [0.3, 0.4) is 0 Å². The molecule has 6 rings (SSSR count). The van der Waals surface area contributed by atoms with Gasteiger partial charge >= 0.3 is 0 Å². The molecule has 9 heteroatoms. The molecule has 36 heavy (non-hydrogen) atoms. The van der Waals surface area contributed by atoms with Gasteiger partial charge < -0.3 is 9.67 Å². The second-order valence-corrected chi connectivity index (χ2v) is 9.20. The average molecular weight is 481 g/mol. The molecular formula is C27H21FN6O2. The number of aryl methyl sites for hydroxylation is 1. The van der Waals surface area contributed by atoms with Gasteiger partial charge in [0.25, 0.3) is 5.91 Å². The molecule has 178 valence electrons. The molecule has 1 fully saturated rings. The number of aromatic nitrogens is 4. The number of halogens is 1. The molecule has 0 unspecified atom stereocenters. The number of carbonyl (C=O) groups excluding carboxylic acids is 1. The van der Waals surface area contributed by atoms with Crippen molar-refractivity contribution >= 4 is 11.7 Å². The van der Waals surface area contributed by atoms with E-state index in [1.807, 2.05) is 25.2 Å². The highest BCUT2D eigenvalue weighted by atomic mass is 19.1. The smallest absolute Gasteiger partial charge is 0.260 e. The normalized spacial score (nSPS) is 14.7. The van der Waals surface area contributed by atoms with Gasteiger partial charge in [-0.1, -0.05) is 6.07 Å². The summed E-state index contributed by atoms with van der Waals surface area (Å²) in [6.07, 6.45) is 3.66. The van der Waals surface area contributed by atoms with Crippen LogP contribution in [-0.4, -0.2) is 30.8 Å². The molecule has 4 aromatic rings. The average Bonchev–Trinajstić information content (AvgIpc) is 3.59. The van der Waals surface area contributed by atoms with Gasteiger partial charge in [0.05, 0.1) is 24.8 Å². The lowest BCUT2D eigenvalue weighted by molar-refractivity contribution is 0.0995. The predicted molar refractivity (Wildman–Crippen MR) is 129 cm³/mol. The number of benzene rings is 2. The van der Waals surface area contributed by atoms with Crippen molar-refractivity contribution < 1.29 is 14.3 Å². The number of nitrogens with zero attached hydrogens (tertiary/aromatic N) is 6. The number of hydrogen-bond acceptors (Lipinski definition) is 6. The van der Waals surface area contributed by atoms with Gasteiger partial charge in [0.2, 0.25) is 0 Å². The van der Waals surface area contributed by atoms with Gasteiger partial charge in [-0.05, 0) is 65.9 Å². The maximum Gasteiger partial charge on any atom is 0.260 e. The molecule has 3 heterocycles. The zero-order chi connectivity index (χ0) is 25.0. The molecule has 1 amide bonds. The molecule has 0 bridgehead atoms. The molecule has 1 aliphatic carbocycles. The summed E-state index contributed by atoms with van der Waals surface area (Å²) >= 11 is 0. The summed E-state index contributed by atoms with van der Waals surface area (Å²) in [5, 5.41) is 27.2. The van der Waals surface area contributed by atoms with Crippen LogP contribution in [0.2, 0.25) is 0 Å². The Morgan fingerprint density at radius 2 is 1.97 bits per heavy atom. The van der Waals surface area contributed by atoms with Crippen LogP contribution in [0.5, 0.6) is 0 Å². The molecule has 1 N–H and O–H groups in total. The van der Waals surface area contributed by atoms with Gasteiger partial charge in [0.15, 0.2) is 5.82 Å². The minimum Gasteiger partial charge on any atom is -0.392 e. The lowest BCUT2D eigenvalue weighted by Crippen LogP contribution is -2.24. The highest BCUT2D eigenvalue weighted by Gasteiger charge is 2.33. The Hall–Kier alpha value is -4.42. The third kappa shape index (κ3) is 3.63. The van der Waals surface area contributed by atoms with Crippen molar-refractivity contribution in [1.29, 1.82) is 5.26 Å². The number of pyridine rings is 1. The summed E-state index contributed by atoms with van der Waals surface area (Å²) in [6, 6.07) is 14.2. The summed E-state index contributed by atoms with van der Waals surface area (Å²) < 4.78 is 16.1. The summed E-state index contributed by atoms with van der Waals surface area (Å²) in [4.78, 5) is 19.7. The van der Waals surface area contributed by atoms with Gasteiger partial charge in [0, 0.05) is 35.3 Å². The van der Waals surface area contributed by atoms with Crippen molar-refractivity contribution in [3.8, 4) is 28.6 Å². The number of aliphatic hydroxyl groups is 1. The van der Waals surface area contributed by atoms with Crippen molar-refractivity contribution in [3.63, 3.8) is 0 Å². The summed E-state index contributed by atoms with van der Waals surface area (Å²) in [5.41, 5.74) is 4.85. The molecule has 2 aromatic carbocycles. The Morgan fingerprint density at radius 3 is 2.67 bits per heavy atom. The number of hydrogen-bond donors (Lipinski definition) is 1. The predicted octanol–water partition coefficient (Wildman–Crippen LogP) is 4.08. The van der Waals surface area contributed by atoms with E-state index in [4.69, 9.17) is 4.98 Å². The highest BCUT2D eigenvalue weighted by molar-refractivity contribution is 6.10. The van der Waals surface area contributed by atoms with Gasteiger partial charge in [-0.25, -0.2) is 9.37 Å². The maximum absolute atomic E-state index is 14.3. The van der Waals surface area contributed by atoms with E-state index in [0.29, 0.717) is 34.3 Å². The number of amides is 1. The topological polar surface area (TPSA) is 108 Å². The standard InChI is InChI=1S/C27H21FN6O2/c1-33-14-30-32-26(33)22-6-15(11-29)2-5-20(22)17-9-24(16-3-4-16)31-25(10-17)34-12-18-8-23(28)19(13-35)7-21(18)27(34)36/h2,5-10,14,16,35H,3-4,12-13H2,1H3. The number of carbonyl (C=O) groups is 1. The van der Waals surface area contributed by atoms with E-state index in [0.717, 1.165) is 35.2 Å². The van der Waals surface area contributed by atoms with Crippen LogP contribution in [-0.2, 0) is 20.2 Å². The first kappa shape index (κ1) is 22.1. The quantitative estimate of drug-likeness (QED) is 0.461. The molecule has 0 atom stereocenters. The van der Waals surface area contributed by atoms with Crippen LogP contribution < -0.4 is 4.90 Å². The van der Waals surface area contributed by atoms with Crippen molar-refractivity contribution in [2.75, 3.05) is 4.90 Å². The zero-order valence-electron chi connectivity index (χ0n) is 19.4. The maximum atomic E-state index is 14.3. The SMILES string of the molecule is Cn1cnnc1-c1cc(C#N)ccc1-c1cc(C2CC2)nc(N2Cc3cc(F)c(CO)cc3C2=O)c1. The number of aliphatic hydroxyl groups excluding tert-OH is 1. The molecule has 0 radical (unpaired) electrons. The lowest BCUT2D eigenvalue weighted by atomic mass is 9.96. The molecule has 2 aromatic heterocycles. The number of fused-ring (bicyclic) bond motifs is 1. The lowest BCUT2D eigenvalue weighted by Gasteiger charge is -2.18. The molecule has 0 spiro atoms. The highest BCUT2D eigenvalue weighted by Crippen LogP contribution is 2.43. The fraction of sp³-hybridized carbons (Fsp3) is 0.222. The second kappa shape index (κ2) is 8.36. The van der Waals surface area contributed by atoms with E-state index in [1.54, 1.807) is 27.9 Å². The second-order valence-electron chi connectivity index (χ2n) is 9.20. The van der Waals surface area contributed by atoms with Crippen molar-refractivity contribution in [3.05, 3.63) is 82.6 Å².